The molecule has 2 aromatic carbocycles. The number of para-hydroxylation sites is 1. The van der Waals surface area contributed by atoms with E-state index in [2.05, 4.69) is 10.6 Å². The van der Waals surface area contributed by atoms with Gasteiger partial charge in [0.2, 0.25) is 5.91 Å². The molecular weight excluding hydrogens is 358 g/mol. The van der Waals surface area contributed by atoms with Gasteiger partial charge in [-0.25, -0.2) is 4.79 Å². The molecule has 1 heterocycles. The number of nitrogens with one attached hydrogen (secondary N) is 2. The smallest absolute Gasteiger partial charge is 0.325 e. The number of carbonyl (C=O) groups is 3. The molecule has 1 aliphatic rings. The quantitative estimate of drug-likeness (QED) is 0.717. The van der Waals surface area contributed by atoms with Crippen LogP contribution in [0.3, 0.4) is 0 Å². The average Bonchev–Trinajstić information content (AvgIpc) is 2.90. The lowest BCUT2D eigenvalue weighted by Crippen LogP contribution is -2.46. The molecule has 0 aromatic heterocycles. The van der Waals surface area contributed by atoms with Crippen molar-refractivity contribution < 1.29 is 19.1 Å². The zero-order valence-electron chi connectivity index (χ0n) is 15.9. The van der Waals surface area contributed by atoms with Crippen molar-refractivity contribution in [2.75, 3.05) is 13.7 Å². The van der Waals surface area contributed by atoms with E-state index >= 15 is 0 Å². The zero-order chi connectivity index (χ0) is 20.1. The first-order valence-corrected chi connectivity index (χ1v) is 8.99. The van der Waals surface area contributed by atoms with E-state index in [0.717, 1.165) is 16.0 Å². The number of hydrogen-bond acceptors (Lipinski definition) is 4. The Labute approximate surface area is 163 Å². The predicted molar refractivity (Wildman–Crippen MR) is 104 cm³/mol. The van der Waals surface area contributed by atoms with Gasteiger partial charge in [-0.15, -0.1) is 0 Å². The first-order valence-electron chi connectivity index (χ1n) is 8.99. The number of nitrogens with zero attached hydrogens (tertiary/aromatic N) is 1. The largest absolute Gasteiger partial charge is 0.496 e. The van der Waals surface area contributed by atoms with Crippen molar-refractivity contribution in [2.24, 2.45) is 0 Å². The molecule has 146 valence electrons. The number of methoxy groups -OCH3 is 1. The van der Waals surface area contributed by atoms with Crippen molar-refractivity contribution in [3.63, 3.8) is 0 Å². The topological polar surface area (TPSA) is 87.7 Å². The Hall–Kier alpha value is -3.35. The summed E-state index contributed by atoms with van der Waals surface area (Å²) in [5, 5.41) is 5.44. The summed E-state index contributed by atoms with van der Waals surface area (Å²) in [4.78, 5) is 38.4. The number of amides is 4. The van der Waals surface area contributed by atoms with Gasteiger partial charge in [0.1, 0.15) is 17.8 Å². The second-order valence-corrected chi connectivity index (χ2v) is 6.90. The molecule has 0 aliphatic carbocycles. The Bertz CT molecular complexity index is 884. The van der Waals surface area contributed by atoms with E-state index in [1.54, 1.807) is 20.1 Å². The maximum atomic E-state index is 12.9. The zero-order valence-corrected chi connectivity index (χ0v) is 15.9. The summed E-state index contributed by atoms with van der Waals surface area (Å²) in [6, 6.07) is 16.2. The molecule has 0 unspecified atom stereocenters. The van der Waals surface area contributed by atoms with Gasteiger partial charge in [0.05, 0.1) is 7.11 Å². The second-order valence-electron chi connectivity index (χ2n) is 6.90. The average molecular weight is 381 g/mol. The molecule has 7 heteroatoms. The van der Waals surface area contributed by atoms with Gasteiger partial charge in [0, 0.05) is 13.0 Å². The minimum Gasteiger partial charge on any atom is -0.496 e. The Morgan fingerprint density at radius 2 is 1.79 bits per heavy atom. The molecule has 2 N–H and O–H groups in total. The lowest BCUT2D eigenvalue weighted by Gasteiger charge is -2.22. The van der Waals surface area contributed by atoms with Crippen LogP contribution in [0.25, 0.3) is 0 Å². The molecule has 28 heavy (non-hydrogen) atoms. The second kappa shape index (κ2) is 8.12. The van der Waals surface area contributed by atoms with Crippen LogP contribution < -0.4 is 15.4 Å². The minimum absolute atomic E-state index is 0.268. The SMILES string of the molecule is COc1ccccc1C[C@]1(C)NC(=O)N(CC(=O)NCc2ccccc2)C1=O. The molecule has 1 atom stereocenters. The Morgan fingerprint density at radius 1 is 1.11 bits per heavy atom. The normalized spacial score (nSPS) is 18.7. The minimum atomic E-state index is -1.13. The summed E-state index contributed by atoms with van der Waals surface area (Å²) in [6.07, 6.45) is 0.268. The monoisotopic (exact) mass is 381 g/mol. The van der Waals surface area contributed by atoms with Crippen LogP contribution in [-0.2, 0) is 22.6 Å². The van der Waals surface area contributed by atoms with Crippen LogP contribution in [0.15, 0.2) is 54.6 Å². The van der Waals surface area contributed by atoms with Crippen LogP contribution in [0.2, 0.25) is 0 Å². The number of imide groups is 1. The molecule has 1 fully saturated rings. The number of benzene rings is 2. The molecule has 3 rings (SSSR count). The summed E-state index contributed by atoms with van der Waals surface area (Å²) < 4.78 is 5.33. The van der Waals surface area contributed by atoms with E-state index in [9.17, 15) is 14.4 Å². The Morgan fingerprint density at radius 3 is 2.50 bits per heavy atom. The molecule has 2 aromatic rings. The van der Waals surface area contributed by atoms with E-state index in [1.165, 1.54) is 0 Å². The van der Waals surface area contributed by atoms with Gasteiger partial charge in [-0.1, -0.05) is 48.5 Å². The number of carbonyl (C=O) groups excluding carboxylic acids is 3. The standard InChI is InChI=1S/C21H23N3O4/c1-21(12-16-10-6-7-11-17(16)28-2)19(26)24(20(27)23-21)14-18(25)22-13-15-8-4-3-5-9-15/h3-11H,12-14H2,1-2H3,(H,22,25)(H,23,27)/t21-/m0/s1. The maximum absolute atomic E-state index is 12.9. The molecule has 4 amide bonds. The van der Waals surface area contributed by atoms with E-state index in [4.69, 9.17) is 4.74 Å². The molecular formula is C21H23N3O4. The molecule has 1 saturated heterocycles. The summed E-state index contributed by atoms with van der Waals surface area (Å²) in [5.74, 6) is -0.183. The molecule has 0 saturated carbocycles. The van der Waals surface area contributed by atoms with Crippen LogP contribution in [0, 0.1) is 0 Å². The third kappa shape index (κ3) is 4.14. The van der Waals surface area contributed by atoms with Gasteiger partial charge in [0.25, 0.3) is 5.91 Å². The summed E-state index contributed by atoms with van der Waals surface area (Å²) >= 11 is 0. The van der Waals surface area contributed by atoms with Gasteiger partial charge in [-0.05, 0) is 24.1 Å². The first-order chi connectivity index (χ1) is 13.4. The summed E-state index contributed by atoms with van der Waals surface area (Å²) in [6.45, 7) is 1.67. The highest BCUT2D eigenvalue weighted by atomic mass is 16.5. The van der Waals surface area contributed by atoms with E-state index in [0.29, 0.717) is 12.3 Å². The summed E-state index contributed by atoms with van der Waals surface area (Å²) in [7, 11) is 1.56. The third-order valence-electron chi connectivity index (χ3n) is 4.72. The fourth-order valence-electron chi connectivity index (χ4n) is 3.24. The van der Waals surface area contributed by atoms with Crippen molar-refractivity contribution >= 4 is 17.8 Å². The van der Waals surface area contributed by atoms with Crippen LogP contribution in [-0.4, -0.2) is 41.9 Å². The van der Waals surface area contributed by atoms with E-state index in [1.807, 2.05) is 48.5 Å². The van der Waals surface area contributed by atoms with Crippen LogP contribution in [0.4, 0.5) is 4.79 Å². The van der Waals surface area contributed by atoms with Crippen molar-refractivity contribution in [1.29, 1.82) is 0 Å². The highest BCUT2D eigenvalue weighted by Crippen LogP contribution is 2.27. The van der Waals surface area contributed by atoms with Gasteiger partial charge >= 0.3 is 6.03 Å². The molecule has 0 bridgehead atoms. The van der Waals surface area contributed by atoms with Crippen molar-refractivity contribution in [2.45, 2.75) is 25.4 Å². The van der Waals surface area contributed by atoms with E-state index < -0.39 is 23.4 Å². The van der Waals surface area contributed by atoms with Gasteiger partial charge in [0.15, 0.2) is 0 Å². The maximum Gasteiger partial charge on any atom is 0.325 e. The lowest BCUT2D eigenvalue weighted by molar-refractivity contribution is -0.134. The number of rotatable bonds is 7. The molecule has 7 nitrogen and oxygen atoms in total. The van der Waals surface area contributed by atoms with Gasteiger partial charge < -0.3 is 15.4 Å². The van der Waals surface area contributed by atoms with Crippen molar-refractivity contribution in [1.82, 2.24) is 15.5 Å². The fourth-order valence-corrected chi connectivity index (χ4v) is 3.24. The van der Waals surface area contributed by atoms with Crippen LogP contribution in [0.1, 0.15) is 18.1 Å². The van der Waals surface area contributed by atoms with Gasteiger partial charge in [-0.3, -0.25) is 14.5 Å². The predicted octanol–water partition coefficient (Wildman–Crippen LogP) is 1.86. The lowest BCUT2D eigenvalue weighted by atomic mass is 9.92. The molecule has 0 radical (unpaired) electrons. The van der Waals surface area contributed by atoms with Crippen LogP contribution in [0.5, 0.6) is 5.75 Å². The molecule has 0 spiro atoms. The van der Waals surface area contributed by atoms with Gasteiger partial charge in [-0.2, -0.15) is 0 Å². The number of hydrogen-bond donors (Lipinski definition) is 2. The van der Waals surface area contributed by atoms with E-state index in [-0.39, 0.29) is 13.0 Å². The number of ether oxygens (including phenoxy) is 1. The van der Waals surface area contributed by atoms with Crippen LogP contribution >= 0.6 is 0 Å². The third-order valence-corrected chi connectivity index (χ3v) is 4.72. The van der Waals surface area contributed by atoms with Crippen molar-refractivity contribution in [3.05, 3.63) is 65.7 Å². The Balaban J connectivity index is 1.64. The first kappa shape index (κ1) is 19.4. The molecule has 1 aliphatic heterocycles. The summed E-state index contributed by atoms with van der Waals surface area (Å²) in [5.41, 5.74) is 0.608. The Kier molecular flexibility index (Phi) is 5.63. The highest BCUT2D eigenvalue weighted by molar-refractivity contribution is 6.09. The number of urea groups is 1. The fraction of sp³-hybridized carbons (Fsp3) is 0.286. The van der Waals surface area contributed by atoms with Crippen molar-refractivity contribution in [3.8, 4) is 5.75 Å². The highest BCUT2D eigenvalue weighted by Gasteiger charge is 2.48.